The average molecular weight is 396 g/mol. The van der Waals surface area contributed by atoms with Gasteiger partial charge >= 0.3 is 0 Å². The summed E-state index contributed by atoms with van der Waals surface area (Å²) in [5.74, 6) is 0. The molecule has 1 N–H and O–H groups in total. The molecule has 0 saturated heterocycles. The van der Waals surface area contributed by atoms with Gasteiger partial charge in [0.15, 0.2) is 0 Å². The first-order chi connectivity index (χ1) is 13.5. The average Bonchev–Trinajstić information content (AvgIpc) is 2.93. The first-order valence-corrected chi connectivity index (χ1v) is 10.6. The van der Waals surface area contributed by atoms with E-state index in [-0.39, 0.29) is 0 Å². The lowest BCUT2D eigenvalue weighted by atomic mass is 9.89. The van der Waals surface area contributed by atoms with Crippen molar-refractivity contribution < 1.29 is 5.11 Å². The molecule has 0 radical (unpaired) electrons. The fourth-order valence-corrected chi connectivity index (χ4v) is 4.94. The molecule has 3 heterocycles. The van der Waals surface area contributed by atoms with Crippen molar-refractivity contribution in [2.75, 3.05) is 6.54 Å². The molecule has 0 spiro atoms. The molecule has 2 aliphatic rings. The van der Waals surface area contributed by atoms with Gasteiger partial charge in [0, 0.05) is 65.1 Å². The Morgan fingerprint density at radius 2 is 2.14 bits per heavy atom. The standard InChI is InChI=1S/C23H26ClN3O/c1-23(28,16-4-3-10-25-13-16)15-27-21-8-7-17(24)12-19(21)20-14-26(11-9-22(20)27)18-5-2-6-18/h3-4,7-8,10,12-13,18,28H,2,5-6,9,11,14-15H2,1H3. The zero-order valence-electron chi connectivity index (χ0n) is 16.2. The number of hydrogen-bond acceptors (Lipinski definition) is 3. The summed E-state index contributed by atoms with van der Waals surface area (Å²) in [5.41, 5.74) is 3.74. The lowest BCUT2D eigenvalue weighted by molar-refractivity contribution is 0.0376. The number of rotatable bonds is 4. The highest BCUT2D eigenvalue weighted by atomic mass is 35.5. The van der Waals surface area contributed by atoms with Gasteiger partial charge in [0.05, 0.1) is 6.54 Å². The molecule has 1 aliphatic carbocycles. The molecule has 2 aromatic heterocycles. The monoisotopic (exact) mass is 395 g/mol. The fraction of sp³-hybridized carbons (Fsp3) is 0.435. The molecule has 1 atom stereocenters. The van der Waals surface area contributed by atoms with Gasteiger partial charge in [0.2, 0.25) is 0 Å². The quantitative estimate of drug-likeness (QED) is 0.706. The SMILES string of the molecule is CC(O)(Cn1c2c(c3cc(Cl)ccc31)CN(C1CCC1)CC2)c1cccnc1. The van der Waals surface area contributed by atoms with Crippen molar-refractivity contribution in [3.05, 3.63) is 64.6 Å². The van der Waals surface area contributed by atoms with Gasteiger partial charge in [-0.25, -0.2) is 0 Å². The van der Waals surface area contributed by atoms with Crippen molar-refractivity contribution in [2.24, 2.45) is 0 Å². The van der Waals surface area contributed by atoms with Crippen LogP contribution in [0.5, 0.6) is 0 Å². The number of fused-ring (bicyclic) bond motifs is 3. The fourth-order valence-electron chi connectivity index (χ4n) is 4.77. The minimum Gasteiger partial charge on any atom is -0.384 e. The highest BCUT2D eigenvalue weighted by Gasteiger charge is 2.33. The highest BCUT2D eigenvalue weighted by molar-refractivity contribution is 6.31. The normalized spacial score (nSPS) is 20.0. The molecule has 0 bridgehead atoms. The third-order valence-corrected chi connectivity index (χ3v) is 6.82. The topological polar surface area (TPSA) is 41.3 Å². The van der Waals surface area contributed by atoms with E-state index < -0.39 is 5.60 Å². The Morgan fingerprint density at radius 3 is 2.86 bits per heavy atom. The third kappa shape index (κ3) is 3.04. The Bertz CT molecular complexity index is 1010. The summed E-state index contributed by atoms with van der Waals surface area (Å²) in [6, 6.07) is 10.7. The molecule has 1 aromatic carbocycles. The third-order valence-electron chi connectivity index (χ3n) is 6.59. The molecule has 1 unspecified atom stereocenters. The van der Waals surface area contributed by atoms with Gasteiger partial charge in [-0.1, -0.05) is 24.1 Å². The Morgan fingerprint density at radius 1 is 1.29 bits per heavy atom. The molecular weight excluding hydrogens is 370 g/mol. The van der Waals surface area contributed by atoms with Crippen LogP contribution in [-0.4, -0.2) is 32.1 Å². The van der Waals surface area contributed by atoms with Gasteiger partial charge in [-0.05, 0) is 49.6 Å². The van der Waals surface area contributed by atoms with E-state index in [0.717, 1.165) is 41.7 Å². The van der Waals surface area contributed by atoms with Gasteiger partial charge in [0.25, 0.3) is 0 Å². The Balaban J connectivity index is 1.58. The van der Waals surface area contributed by atoms with E-state index in [1.54, 1.807) is 12.4 Å². The van der Waals surface area contributed by atoms with Crippen LogP contribution in [0.2, 0.25) is 5.02 Å². The molecule has 146 valence electrons. The zero-order chi connectivity index (χ0) is 19.3. The van der Waals surface area contributed by atoms with Crippen LogP contribution in [0.15, 0.2) is 42.7 Å². The van der Waals surface area contributed by atoms with E-state index in [4.69, 9.17) is 11.6 Å². The second-order valence-electron chi connectivity index (χ2n) is 8.49. The predicted octanol–water partition coefficient (Wildman–Crippen LogP) is 4.51. The van der Waals surface area contributed by atoms with E-state index in [2.05, 4.69) is 26.6 Å². The van der Waals surface area contributed by atoms with Crippen LogP contribution in [0, 0.1) is 0 Å². The van der Waals surface area contributed by atoms with Gasteiger partial charge < -0.3 is 9.67 Å². The first-order valence-electron chi connectivity index (χ1n) is 10.2. The largest absolute Gasteiger partial charge is 0.384 e. The van der Waals surface area contributed by atoms with Crippen LogP contribution in [0.4, 0.5) is 0 Å². The molecule has 5 heteroatoms. The summed E-state index contributed by atoms with van der Waals surface area (Å²) >= 11 is 6.36. The maximum absolute atomic E-state index is 11.3. The van der Waals surface area contributed by atoms with Gasteiger partial charge in [-0.3, -0.25) is 9.88 Å². The molecule has 1 fully saturated rings. The number of hydrogen-bond donors (Lipinski definition) is 1. The van der Waals surface area contributed by atoms with Crippen molar-refractivity contribution in [2.45, 2.75) is 57.3 Å². The summed E-state index contributed by atoms with van der Waals surface area (Å²) in [6.45, 7) is 4.47. The minimum atomic E-state index is -0.987. The summed E-state index contributed by atoms with van der Waals surface area (Å²) in [5, 5.41) is 13.3. The number of aromatic nitrogens is 2. The number of halogens is 1. The second-order valence-corrected chi connectivity index (χ2v) is 8.93. The minimum absolute atomic E-state index is 0.510. The van der Waals surface area contributed by atoms with Crippen molar-refractivity contribution in [1.29, 1.82) is 0 Å². The van der Waals surface area contributed by atoms with E-state index in [1.165, 1.54) is 35.9 Å². The van der Waals surface area contributed by atoms with Crippen LogP contribution in [-0.2, 0) is 25.1 Å². The van der Waals surface area contributed by atoms with Crippen molar-refractivity contribution in [3.63, 3.8) is 0 Å². The van der Waals surface area contributed by atoms with Gasteiger partial charge in [-0.15, -0.1) is 0 Å². The smallest absolute Gasteiger partial charge is 0.106 e. The zero-order valence-corrected chi connectivity index (χ0v) is 17.0. The first kappa shape index (κ1) is 18.2. The Labute approximate surface area is 170 Å². The molecule has 1 saturated carbocycles. The number of aliphatic hydroxyl groups is 1. The van der Waals surface area contributed by atoms with Crippen molar-refractivity contribution in [1.82, 2.24) is 14.5 Å². The maximum atomic E-state index is 11.3. The van der Waals surface area contributed by atoms with Crippen molar-refractivity contribution in [3.8, 4) is 0 Å². The van der Waals surface area contributed by atoms with Crippen LogP contribution in [0.25, 0.3) is 10.9 Å². The van der Waals surface area contributed by atoms with Crippen molar-refractivity contribution >= 4 is 22.5 Å². The van der Waals surface area contributed by atoms with E-state index >= 15 is 0 Å². The summed E-state index contributed by atoms with van der Waals surface area (Å²) in [4.78, 5) is 6.83. The predicted molar refractivity (Wildman–Crippen MR) is 113 cm³/mol. The van der Waals surface area contributed by atoms with E-state index in [1.807, 2.05) is 25.1 Å². The van der Waals surface area contributed by atoms with Crippen LogP contribution < -0.4 is 0 Å². The highest BCUT2D eigenvalue weighted by Crippen LogP contribution is 2.37. The number of pyridine rings is 1. The summed E-state index contributed by atoms with van der Waals surface area (Å²) in [6.07, 6.45) is 8.52. The van der Waals surface area contributed by atoms with E-state index in [9.17, 15) is 5.11 Å². The summed E-state index contributed by atoms with van der Waals surface area (Å²) < 4.78 is 2.31. The Hall–Kier alpha value is -1.88. The Kier molecular flexibility index (Phi) is 4.46. The number of benzene rings is 1. The molecule has 28 heavy (non-hydrogen) atoms. The molecule has 3 aromatic rings. The lowest BCUT2D eigenvalue weighted by Crippen LogP contribution is -2.43. The van der Waals surface area contributed by atoms with E-state index in [0.29, 0.717) is 6.54 Å². The molecule has 5 rings (SSSR count). The molecule has 1 aliphatic heterocycles. The second kappa shape index (κ2) is 6.87. The lowest BCUT2D eigenvalue weighted by Gasteiger charge is -2.40. The molecular formula is C23H26ClN3O. The molecule has 0 amide bonds. The summed E-state index contributed by atoms with van der Waals surface area (Å²) in [7, 11) is 0. The van der Waals surface area contributed by atoms with Gasteiger partial charge in [-0.2, -0.15) is 0 Å². The molecule has 4 nitrogen and oxygen atoms in total. The maximum Gasteiger partial charge on any atom is 0.106 e. The van der Waals surface area contributed by atoms with Crippen LogP contribution >= 0.6 is 11.6 Å². The number of nitrogens with zero attached hydrogens (tertiary/aromatic N) is 3. The van der Waals surface area contributed by atoms with Crippen LogP contribution in [0.1, 0.15) is 43.0 Å². The van der Waals surface area contributed by atoms with Gasteiger partial charge in [0.1, 0.15) is 5.60 Å². The van der Waals surface area contributed by atoms with Crippen LogP contribution in [0.3, 0.4) is 0 Å².